The van der Waals surface area contributed by atoms with Crippen molar-refractivity contribution in [3.63, 3.8) is 0 Å². The average molecular weight is 326 g/mol. The minimum atomic E-state index is -2.28. The summed E-state index contributed by atoms with van der Waals surface area (Å²) >= 11 is 0. The molecule has 0 aliphatic carbocycles. The van der Waals surface area contributed by atoms with E-state index in [9.17, 15) is 27.2 Å². The van der Waals surface area contributed by atoms with Crippen LogP contribution in [0.2, 0.25) is 0 Å². The summed E-state index contributed by atoms with van der Waals surface area (Å²) in [6.45, 7) is 3.22. The molecule has 3 nitrogen and oxygen atoms in total. The SMILES string of the molecule is Cc1ccc(C(=O)c2c(F)c(F)c(F)c(F)c2C(=O)O)c(C)c1. The fraction of sp³-hybridized carbons (Fsp3) is 0.125. The Morgan fingerprint density at radius 1 is 0.870 bits per heavy atom. The van der Waals surface area contributed by atoms with E-state index in [1.54, 1.807) is 13.0 Å². The second-order valence-electron chi connectivity index (χ2n) is 4.96. The van der Waals surface area contributed by atoms with Crippen LogP contribution in [0.3, 0.4) is 0 Å². The number of carboxylic acid groups (broad SMARTS) is 1. The zero-order valence-electron chi connectivity index (χ0n) is 12.0. The van der Waals surface area contributed by atoms with Gasteiger partial charge in [-0.3, -0.25) is 4.79 Å². The number of aryl methyl sites for hydroxylation is 2. The van der Waals surface area contributed by atoms with Crippen LogP contribution in [0.5, 0.6) is 0 Å². The largest absolute Gasteiger partial charge is 0.478 e. The Hall–Kier alpha value is -2.70. The van der Waals surface area contributed by atoms with E-state index < -0.39 is 46.1 Å². The molecular formula is C16H10F4O3. The number of aromatic carboxylic acids is 1. The molecular weight excluding hydrogens is 316 g/mol. The molecule has 0 saturated heterocycles. The van der Waals surface area contributed by atoms with Gasteiger partial charge in [0.2, 0.25) is 0 Å². The highest BCUT2D eigenvalue weighted by Crippen LogP contribution is 2.27. The number of ketones is 1. The first-order valence-corrected chi connectivity index (χ1v) is 6.38. The summed E-state index contributed by atoms with van der Waals surface area (Å²) in [6.07, 6.45) is 0. The molecule has 0 aliphatic rings. The van der Waals surface area contributed by atoms with Crippen LogP contribution in [0, 0.1) is 37.1 Å². The summed E-state index contributed by atoms with van der Waals surface area (Å²) in [4.78, 5) is 23.5. The summed E-state index contributed by atoms with van der Waals surface area (Å²) in [5.74, 6) is -12.0. The Bertz CT molecular complexity index is 844. The molecule has 0 bridgehead atoms. The molecule has 23 heavy (non-hydrogen) atoms. The van der Waals surface area contributed by atoms with Gasteiger partial charge in [-0.05, 0) is 19.4 Å². The zero-order valence-corrected chi connectivity index (χ0v) is 12.0. The Morgan fingerprint density at radius 3 is 1.87 bits per heavy atom. The topological polar surface area (TPSA) is 54.4 Å². The number of rotatable bonds is 3. The van der Waals surface area contributed by atoms with Crippen LogP contribution < -0.4 is 0 Å². The predicted molar refractivity (Wildman–Crippen MR) is 72.6 cm³/mol. The van der Waals surface area contributed by atoms with Crippen molar-refractivity contribution in [2.75, 3.05) is 0 Å². The summed E-state index contributed by atoms with van der Waals surface area (Å²) < 4.78 is 54.3. The highest BCUT2D eigenvalue weighted by molar-refractivity contribution is 6.15. The van der Waals surface area contributed by atoms with E-state index in [-0.39, 0.29) is 5.56 Å². The Labute approximate surface area is 128 Å². The molecule has 1 N–H and O–H groups in total. The molecule has 2 aromatic carbocycles. The van der Waals surface area contributed by atoms with Gasteiger partial charge in [0.15, 0.2) is 29.1 Å². The van der Waals surface area contributed by atoms with Crippen molar-refractivity contribution >= 4 is 11.8 Å². The highest BCUT2D eigenvalue weighted by atomic mass is 19.2. The van der Waals surface area contributed by atoms with Gasteiger partial charge in [0.25, 0.3) is 0 Å². The average Bonchev–Trinajstić information content (AvgIpc) is 2.47. The second kappa shape index (κ2) is 5.83. The van der Waals surface area contributed by atoms with Crippen LogP contribution in [0.1, 0.15) is 37.4 Å². The van der Waals surface area contributed by atoms with E-state index in [1.807, 2.05) is 0 Å². The number of carbonyl (C=O) groups is 2. The third-order valence-electron chi connectivity index (χ3n) is 3.33. The van der Waals surface area contributed by atoms with Crippen LogP contribution in [0.15, 0.2) is 18.2 Å². The third kappa shape index (κ3) is 2.69. The van der Waals surface area contributed by atoms with Crippen molar-refractivity contribution < 1.29 is 32.3 Å². The molecule has 0 atom stereocenters. The summed E-state index contributed by atoms with van der Waals surface area (Å²) in [5.41, 5.74) is -1.89. The Balaban J connectivity index is 2.81. The maximum atomic E-state index is 13.9. The summed E-state index contributed by atoms with van der Waals surface area (Å²) in [5, 5.41) is 8.95. The first-order valence-electron chi connectivity index (χ1n) is 6.38. The van der Waals surface area contributed by atoms with Crippen molar-refractivity contribution in [1.82, 2.24) is 0 Å². The maximum Gasteiger partial charge on any atom is 0.339 e. The van der Waals surface area contributed by atoms with E-state index in [2.05, 4.69) is 0 Å². The normalized spacial score (nSPS) is 10.7. The molecule has 0 aromatic heterocycles. The van der Waals surface area contributed by atoms with Crippen LogP contribution in [-0.4, -0.2) is 16.9 Å². The molecule has 0 unspecified atom stereocenters. The van der Waals surface area contributed by atoms with Gasteiger partial charge in [-0.2, -0.15) is 0 Å². The Kier molecular flexibility index (Phi) is 4.22. The molecule has 0 amide bonds. The molecule has 0 fully saturated rings. The molecule has 7 heteroatoms. The lowest BCUT2D eigenvalue weighted by Crippen LogP contribution is -2.18. The molecule has 2 aromatic rings. The molecule has 0 heterocycles. The van der Waals surface area contributed by atoms with E-state index >= 15 is 0 Å². The first-order chi connectivity index (χ1) is 10.7. The lowest BCUT2D eigenvalue weighted by molar-refractivity contribution is 0.0684. The van der Waals surface area contributed by atoms with Crippen molar-refractivity contribution in [3.05, 3.63) is 69.3 Å². The predicted octanol–water partition coefficient (Wildman–Crippen LogP) is 3.79. The van der Waals surface area contributed by atoms with Crippen molar-refractivity contribution in [3.8, 4) is 0 Å². The van der Waals surface area contributed by atoms with Gasteiger partial charge in [0.1, 0.15) is 5.56 Å². The molecule has 0 spiro atoms. The molecule has 0 aliphatic heterocycles. The van der Waals surface area contributed by atoms with Crippen LogP contribution in [0.25, 0.3) is 0 Å². The highest BCUT2D eigenvalue weighted by Gasteiger charge is 2.33. The number of carboxylic acids is 1. The van der Waals surface area contributed by atoms with Crippen molar-refractivity contribution in [2.24, 2.45) is 0 Å². The lowest BCUT2D eigenvalue weighted by Gasteiger charge is -2.11. The van der Waals surface area contributed by atoms with Gasteiger partial charge >= 0.3 is 5.97 Å². The quantitative estimate of drug-likeness (QED) is 0.404. The van der Waals surface area contributed by atoms with Crippen LogP contribution in [-0.2, 0) is 0 Å². The number of carbonyl (C=O) groups excluding carboxylic acids is 1. The number of hydrogen-bond acceptors (Lipinski definition) is 2. The van der Waals surface area contributed by atoms with Gasteiger partial charge in [0.05, 0.1) is 5.56 Å². The van der Waals surface area contributed by atoms with E-state index in [1.165, 1.54) is 19.1 Å². The van der Waals surface area contributed by atoms with E-state index in [0.717, 1.165) is 5.56 Å². The van der Waals surface area contributed by atoms with Gasteiger partial charge in [0, 0.05) is 5.56 Å². The number of benzene rings is 2. The first kappa shape index (κ1) is 16.7. The smallest absolute Gasteiger partial charge is 0.339 e. The molecule has 2 rings (SSSR count). The van der Waals surface area contributed by atoms with Crippen LogP contribution >= 0.6 is 0 Å². The number of hydrogen-bond donors (Lipinski definition) is 1. The zero-order chi connectivity index (χ0) is 17.5. The van der Waals surface area contributed by atoms with Gasteiger partial charge < -0.3 is 5.11 Å². The van der Waals surface area contributed by atoms with Crippen LogP contribution in [0.4, 0.5) is 17.6 Å². The fourth-order valence-electron chi connectivity index (χ4n) is 2.25. The minimum absolute atomic E-state index is 0.137. The maximum absolute atomic E-state index is 13.9. The minimum Gasteiger partial charge on any atom is -0.478 e. The van der Waals surface area contributed by atoms with Crippen molar-refractivity contribution in [2.45, 2.75) is 13.8 Å². The monoisotopic (exact) mass is 326 g/mol. The number of halogens is 4. The van der Waals surface area contributed by atoms with E-state index in [0.29, 0.717) is 5.56 Å². The molecule has 0 saturated carbocycles. The Morgan fingerprint density at radius 2 is 1.39 bits per heavy atom. The van der Waals surface area contributed by atoms with Gasteiger partial charge in [-0.1, -0.05) is 23.8 Å². The van der Waals surface area contributed by atoms with Crippen molar-refractivity contribution in [1.29, 1.82) is 0 Å². The van der Waals surface area contributed by atoms with E-state index in [4.69, 9.17) is 5.11 Å². The van der Waals surface area contributed by atoms with Gasteiger partial charge in [-0.15, -0.1) is 0 Å². The standard InChI is InChI=1S/C16H10F4O3/c1-6-3-4-8(7(2)5-6)15(21)9-10(16(22)23)12(18)14(20)13(19)11(9)17/h3-5H,1-2H3,(H,22,23). The van der Waals surface area contributed by atoms with Gasteiger partial charge in [-0.25, -0.2) is 22.4 Å². The summed E-state index contributed by atoms with van der Waals surface area (Å²) in [7, 11) is 0. The third-order valence-corrected chi connectivity index (χ3v) is 3.33. The fourth-order valence-corrected chi connectivity index (χ4v) is 2.25. The lowest BCUT2D eigenvalue weighted by atomic mass is 9.93. The summed E-state index contributed by atoms with van der Waals surface area (Å²) in [6, 6.07) is 4.33. The molecule has 0 radical (unpaired) electrons. The molecule has 120 valence electrons. The second-order valence-corrected chi connectivity index (χ2v) is 4.96.